The molecule has 0 atom stereocenters. The van der Waals surface area contributed by atoms with Crippen LogP contribution in [0.3, 0.4) is 0 Å². The van der Waals surface area contributed by atoms with Crippen molar-refractivity contribution < 1.29 is 9.90 Å². The first-order chi connectivity index (χ1) is 14.3. The molecule has 1 heterocycles. The van der Waals surface area contributed by atoms with E-state index in [0.29, 0.717) is 40.9 Å². The van der Waals surface area contributed by atoms with Crippen LogP contribution in [0.2, 0.25) is 0 Å². The molecule has 0 saturated carbocycles. The molecule has 0 amide bonds. The number of para-hydroxylation sites is 2. The molecule has 2 N–H and O–H groups in total. The van der Waals surface area contributed by atoms with Crippen molar-refractivity contribution in [1.82, 2.24) is 9.47 Å². The van der Waals surface area contributed by atoms with Crippen molar-refractivity contribution in [1.29, 1.82) is 0 Å². The van der Waals surface area contributed by atoms with Gasteiger partial charge in [0.05, 0.1) is 11.2 Å². The summed E-state index contributed by atoms with van der Waals surface area (Å²) in [7, 11) is 0. The second kappa shape index (κ2) is 9.13. The van der Waals surface area contributed by atoms with Gasteiger partial charge in [-0.15, -0.1) is 0 Å². The summed E-state index contributed by atoms with van der Waals surface area (Å²) in [5.74, 6) is -1.23. The fourth-order valence-corrected chi connectivity index (χ4v) is 3.98. The SMILES string of the molecule is CC(C)N(CCNc1c(C(=O)O)c(=O)n(-c2ccccc2)c2ccccc12)C(C)C. The number of hydrogen-bond acceptors (Lipinski definition) is 4. The number of nitrogens with zero attached hydrogens (tertiary/aromatic N) is 2. The van der Waals surface area contributed by atoms with Gasteiger partial charge in [0, 0.05) is 36.2 Å². The maximum absolute atomic E-state index is 13.3. The summed E-state index contributed by atoms with van der Waals surface area (Å²) in [5, 5.41) is 13.9. The number of anilines is 1. The molecule has 3 rings (SSSR count). The smallest absolute Gasteiger partial charge is 0.343 e. The highest BCUT2D eigenvalue weighted by molar-refractivity contribution is 6.04. The molecular formula is C24H29N3O3. The number of fused-ring (bicyclic) bond motifs is 1. The van der Waals surface area contributed by atoms with Crippen LogP contribution in [-0.4, -0.2) is 45.7 Å². The van der Waals surface area contributed by atoms with Crippen LogP contribution in [0.1, 0.15) is 38.1 Å². The lowest BCUT2D eigenvalue weighted by Crippen LogP contribution is -2.40. The van der Waals surface area contributed by atoms with E-state index in [4.69, 9.17) is 0 Å². The third-order valence-electron chi connectivity index (χ3n) is 5.31. The van der Waals surface area contributed by atoms with Crippen molar-refractivity contribution in [3.05, 3.63) is 70.5 Å². The van der Waals surface area contributed by atoms with E-state index >= 15 is 0 Å². The second-order valence-electron chi connectivity index (χ2n) is 7.90. The number of pyridine rings is 1. The standard InChI is InChI=1S/C24H29N3O3/c1-16(2)26(17(3)4)15-14-25-22-19-12-8-9-13-20(19)27(18-10-6-5-7-11-18)23(28)21(22)24(29)30/h5-13,16-17,25H,14-15H2,1-4H3,(H,29,30). The Labute approximate surface area is 176 Å². The molecule has 6 nitrogen and oxygen atoms in total. The van der Waals surface area contributed by atoms with Crippen LogP contribution in [0, 0.1) is 0 Å². The predicted octanol–water partition coefficient (Wildman–Crippen LogP) is 4.22. The number of carbonyl (C=O) groups is 1. The van der Waals surface area contributed by atoms with E-state index < -0.39 is 11.5 Å². The number of aromatic carboxylic acids is 1. The number of aromatic nitrogens is 1. The number of benzene rings is 2. The van der Waals surface area contributed by atoms with Crippen LogP contribution < -0.4 is 10.9 Å². The fraction of sp³-hybridized carbons (Fsp3) is 0.333. The first-order valence-electron chi connectivity index (χ1n) is 10.3. The van der Waals surface area contributed by atoms with Crippen LogP contribution in [-0.2, 0) is 0 Å². The zero-order valence-corrected chi connectivity index (χ0v) is 17.9. The summed E-state index contributed by atoms with van der Waals surface area (Å²) in [6.45, 7) is 9.83. The summed E-state index contributed by atoms with van der Waals surface area (Å²) in [6.07, 6.45) is 0. The zero-order valence-electron chi connectivity index (χ0n) is 17.9. The van der Waals surface area contributed by atoms with Crippen LogP contribution in [0.15, 0.2) is 59.4 Å². The van der Waals surface area contributed by atoms with Crippen LogP contribution in [0.5, 0.6) is 0 Å². The van der Waals surface area contributed by atoms with Crippen molar-refractivity contribution in [2.24, 2.45) is 0 Å². The van der Waals surface area contributed by atoms with Gasteiger partial charge in [0.1, 0.15) is 5.56 Å². The second-order valence-corrected chi connectivity index (χ2v) is 7.90. The Bertz CT molecular complexity index is 1080. The average Bonchev–Trinajstić information content (AvgIpc) is 2.70. The lowest BCUT2D eigenvalue weighted by Gasteiger charge is -2.30. The first-order valence-corrected chi connectivity index (χ1v) is 10.3. The minimum Gasteiger partial charge on any atom is -0.477 e. The van der Waals surface area contributed by atoms with E-state index in [1.807, 2.05) is 42.5 Å². The number of carboxylic acid groups (broad SMARTS) is 1. The molecule has 0 bridgehead atoms. The molecule has 2 aromatic carbocycles. The molecule has 0 spiro atoms. The van der Waals surface area contributed by atoms with Gasteiger partial charge in [-0.25, -0.2) is 4.79 Å². The Kier molecular flexibility index (Phi) is 6.57. The van der Waals surface area contributed by atoms with Gasteiger partial charge in [0.15, 0.2) is 0 Å². The molecule has 0 unspecified atom stereocenters. The van der Waals surface area contributed by atoms with Crippen molar-refractivity contribution in [2.45, 2.75) is 39.8 Å². The highest BCUT2D eigenvalue weighted by Gasteiger charge is 2.23. The van der Waals surface area contributed by atoms with Crippen LogP contribution in [0.4, 0.5) is 5.69 Å². The lowest BCUT2D eigenvalue weighted by atomic mass is 10.1. The first kappa shape index (κ1) is 21.6. The topological polar surface area (TPSA) is 74.6 Å². The molecule has 3 aromatic rings. The normalized spacial score (nSPS) is 11.6. The minimum atomic E-state index is -1.23. The summed E-state index contributed by atoms with van der Waals surface area (Å²) in [6, 6.07) is 17.3. The van der Waals surface area contributed by atoms with Crippen molar-refractivity contribution in [3.63, 3.8) is 0 Å². The average molecular weight is 408 g/mol. The van der Waals surface area contributed by atoms with Crippen molar-refractivity contribution in [2.75, 3.05) is 18.4 Å². The van der Waals surface area contributed by atoms with Crippen LogP contribution in [0.25, 0.3) is 16.6 Å². The molecule has 0 aliphatic rings. The maximum atomic E-state index is 13.3. The number of carboxylic acids is 1. The molecule has 6 heteroatoms. The highest BCUT2D eigenvalue weighted by atomic mass is 16.4. The van der Waals surface area contributed by atoms with Crippen LogP contribution >= 0.6 is 0 Å². The molecule has 0 aliphatic heterocycles. The Hall–Kier alpha value is -3.12. The number of rotatable bonds is 8. The third-order valence-corrected chi connectivity index (χ3v) is 5.31. The fourth-order valence-electron chi connectivity index (χ4n) is 3.98. The van der Waals surface area contributed by atoms with E-state index in [1.165, 1.54) is 4.57 Å². The van der Waals surface area contributed by atoms with Gasteiger partial charge in [0.25, 0.3) is 5.56 Å². The van der Waals surface area contributed by atoms with E-state index in [-0.39, 0.29) is 5.56 Å². The molecule has 0 fully saturated rings. The summed E-state index contributed by atoms with van der Waals surface area (Å²) < 4.78 is 1.47. The molecule has 0 aliphatic carbocycles. The van der Waals surface area contributed by atoms with Crippen molar-refractivity contribution in [3.8, 4) is 5.69 Å². The van der Waals surface area contributed by atoms with Gasteiger partial charge in [-0.05, 0) is 45.9 Å². The molecule has 158 valence electrons. The third kappa shape index (κ3) is 4.24. The summed E-state index contributed by atoms with van der Waals surface area (Å²) in [4.78, 5) is 27.7. The van der Waals surface area contributed by atoms with Gasteiger partial charge < -0.3 is 10.4 Å². The molecular weight excluding hydrogens is 378 g/mol. The quantitative estimate of drug-likeness (QED) is 0.585. The number of nitrogens with one attached hydrogen (secondary N) is 1. The van der Waals surface area contributed by atoms with Gasteiger partial charge in [-0.3, -0.25) is 14.3 Å². The zero-order chi connectivity index (χ0) is 21.8. The molecule has 0 radical (unpaired) electrons. The minimum absolute atomic E-state index is 0.238. The van der Waals surface area contributed by atoms with E-state index in [2.05, 4.69) is 37.9 Å². The van der Waals surface area contributed by atoms with Gasteiger partial charge in [0.2, 0.25) is 0 Å². The monoisotopic (exact) mass is 407 g/mol. The Morgan fingerprint density at radius 2 is 1.60 bits per heavy atom. The van der Waals surface area contributed by atoms with Gasteiger partial charge in [-0.1, -0.05) is 36.4 Å². The van der Waals surface area contributed by atoms with E-state index in [9.17, 15) is 14.7 Å². The predicted molar refractivity (Wildman–Crippen MR) is 122 cm³/mol. The molecule has 1 aromatic heterocycles. The lowest BCUT2D eigenvalue weighted by molar-refractivity contribution is 0.0696. The largest absolute Gasteiger partial charge is 0.477 e. The van der Waals surface area contributed by atoms with Gasteiger partial charge >= 0.3 is 5.97 Å². The number of hydrogen-bond donors (Lipinski definition) is 2. The Balaban J connectivity index is 2.12. The highest BCUT2D eigenvalue weighted by Crippen LogP contribution is 2.27. The summed E-state index contributed by atoms with van der Waals surface area (Å²) >= 11 is 0. The van der Waals surface area contributed by atoms with Crippen molar-refractivity contribution >= 4 is 22.6 Å². The summed E-state index contributed by atoms with van der Waals surface area (Å²) in [5.41, 5.74) is 0.907. The maximum Gasteiger partial charge on any atom is 0.343 e. The Morgan fingerprint density at radius 3 is 2.20 bits per heavy atom. The van der Waals surface area contributed by atoms with E-state index in [0.717, 1.165) is 6.54 Å². The molecule has 0 saturated heterocycles. The van der Waals surface area contributed by atoms with Gasteiger partial charge in [-0.2, -0.15) is 0 Å². The molecule has 30 heavy (non-hydrogen) atoms. The van der Waals surface area contributed by atoms with E-state index in [1.54, 1.807) is 12.1 Å². The Morgan fingerprint density at radius 1 is 1.00 bits per heavy atom.